The van der Waals surface area contributed by atoms with Gasteiger partial charge in [0.15, 0.2) is 0 Å². The number of carbonyl (C=O) groups excluding carboxylic acids is 1. The molecule has 2 N–H and O–H groups in total. The molecule has 0 saturated heterocycles. The van der Waals surface area contributed by atoms with E-state index in [9.17, 15) is 4.79 Å². The number of rotatable bonds is 6. The number of anilines is 1. The molecule has 1 aromatic rings. The van der Waals surface area contributed by atoms with Crippen molar-refractivity contribution in [3.8, 4) is 0 Å². The van der Waals surface area contributed by atoms with E-state index in [-0.39, 0.29) is 5.91 Å². The molecule has 1 unspecified atom stereocenters. The number of nitrogens with one attached hydrogen (secondary N) is 2. The van der Waals surface area contributed by atoms with Crippen molar-refractivity contribution in [1.29, 1.82) is 0 Å². The van der Waals surface area contributed by atoms with Gasteiger partial charge in [-0.25, -0.2) is 0 Å². The van der Waals surface area contributed by atoms with E-state index in [0.29, 0.717) is 12.5 Å². The second kappa shape index (κ2) is 5.82. The first-order valence-corrected chi connectivity index (χ1v) is 6.31. The first-order valence-electron chi connectivity index (χ1n) is 6.31. The first kappa shape index (κ1) is 12.1. The van der Waals surface area contributed by atoms with Crippen LogP contribution in [-0.4, -0.2) is 19.0 Å². The molecule has 2 rings (SSSR count). The van der Waals surface area contributed by atoms with E-state index >= 15 is 0 Å². The van der Waals surface area contributed by atoms with Crippen molar-refractivity contribution in [2.45, 2.75) is 19.8 Å². The van der Waals surface area contributed by atoms with Crippen molar-refractivity contribution < 1.29 is 4.79 Å². The Morgan fingerprint density at radius 2 is 2.06 bits per heavy atom. The molecule has 1 fully saturated rings. The molecule has 92 valence electrons. The number of benzene rings is 1. The Bertz CT molecular complexity index is 360. The summed E-state index contributed by atoms with van der Waals surface area (Å²) in [6.07, 6.45) is 2.72. The lowest BCUT2D eigenvalue weighted by molar-refractivity contribution is -0.115. The molecule has 1 aromatic carbocycles. The largest absolute Gasteiger partial charge is 0.325 e. The van der Waals surface area contributed by atoms with Gasteiger partial charge >= 0.3 is 0 Å². The second-order valence-corrected chi connectivity index (χ2v) is 4.86. The molecular formula is C14H20N2O. The molecule has 1 aliphatic rings. The van der Waals surface area contributed by atoms with E-state index in [4.69, 9.17) is 0 Å². The van der Waals surface area contributed by atoms with Crippen molar-refractivity contribution in [3.63, 3.8) is 0 Å². The SMILES string of the molecule is CC(CNCC(=O)Nc1ccccc1)C1CC1. The second-order valence-electron chi connectivity index (χ2n) is 4.86. The summed E-state index contributed by atoms with van der Waals surface area (Å²) in [5.41, 5.74) is 0.856. The van der Waals surface area contributed by atoms with E-state index in [0.717, 1.165) is 18.2 Å². The molecule has 0 aliphatic heterocycles. The monoisotopic (exact) mass is 232 g/mol. The van der Waals surface area contributed by atoms with Gasteiger partial charge in [0.1, 0.15) is 0 Å². The predicted molar refractivity (Wildman–Crippen MR) is 69.8 cm³/mol. The van der Waals surface area contributed by atoms with Crippen LogP contribution in [0.5, 0.6) is 0 Å². The van der Waals surface area contributed by atoms with Crippen molar-refractivity contribution >= 4 is 11.6 Å². The van der Waals surface area contributed by atoms with Crippen LogP contribution in [0.4, 0.5) is 5.69 Å². The molecule has 1 aliphatic carbocycles. The van der Waals surface area contributed by atoms with E-state index in [1.165, 1.54) is 12.8 Å². The zero-order valence-electron chi connectivity index (χ0n) is 10.3. The maximum Gasteiger partial charge on any atom is 0.238 e. The summed E-state index contributed by atoms with van der Waals surface area (Å²) in [6.45, 7) is 3.58. The summed E-state index contributed by atoms with van der Waals surface area (Å²) >= 11 is 0. The third-order valence-electron chi connectivity index (χ3n) is 3.24. The van der Waals surface area contributed by atoms with Crippen LogP contribution in [-0.2, 0) is 4.79 Å². The van der Waals surface area contributed by atoms with Crippen LogP contribution in [0.15, 0.2) is 30.3 Å². The number of carbonyl (C=O) groups is 1. The number of amides is 1. The zero-order chi connectivity index (χ0) is 12.1. The Morgan fingerprint density at radius 3 is 2.71 bits per heavy atom. The molecule has 1 amide bonds. The lowest BCUT2D eigenvalue weighted by Crippen LogP contribution is -2.31. The number of hydrogen-bond acceptors (Lipinski definition) is 2. The fourth-order valence-corrected chi connectivity index (χ4v) is 1.97. The van der Waals surface area contributed by atoms with Gasteiger partial charge in [0.2, 0.25) is 5.91 Å². The Hall–Kier alpha value is -1.35. The van der Waals surface area contributed by atoms with Gasteiger partial charge in [-0.05, 0) is 43.4 Å². The molecule has 0 radical (unpaired) electrons. The third-order valence-corrected chi connectivity index (χ3v) is 3.24. The Labute approximate surface area is 103 Å². The van der Waals surface area contributed by atoms with Crippen LogP contribution in [0.2, 0.25) is 0 Å². The maximum atomic E-state index is 11.6. The van der Waals surface area contributed by atoms with Gasteiger partial charge in [-0.2, -0.15) is 0 Å². The maximum absolute atomic E-state index is 11.6. The highest BCUT2D eigenvalue weighted by Gasteiger charge is 2.27. The standard InChI is InChI=1S/C14H20N2O/c1-11(12-7-8-12)9-15-10-14(17)16-13-5-3-2-4-6-13/h2-6,11-12,15H,7-10H2,1H3,(H,16,17). The van der Waals surface area contributed by atoms with Gasteiger partial charge in [0.05, 0.1) is 6.54 Å². The highest BCUT2D eigenvalue weighted by Crippen LogP contribution is 2.35. The molecule has 3 nitrogen and oxygen atoms in total. The topological polar surface area (TPSA) is 41.1 Å². The van der Waals surface area contributed by atoms with E-state index in [1.807, 2.05) is 30.3 Å². The van der Waals surface area contributed by atoms with E-state index in [2.05, 4.69) is 17.6 Å². The molecule has 17 heavy (non-hydrogen) atoms. The minimum Gasteiger partial charge on any atom is -0.325 e. The Balaban J connectivity index is 1.64. The normalized spacial score (nSPS) is 16.5. The molecule has 0 spiro atoms. The fraction of sp³-hybridized carbons (Fsp3) is 0.500. The molecule has 0 bridgehead atoms. The average molecular weight is 232 g/mol. The van der Waals surface area contributed by atoms with Gasteiger partial charge in [-0.15, -0.1) is 0 Å². The van der Waals surface area contributed by atoms with Gasteiger partial charge in [0, 0.05) is 5.69 Å². The lowest BCUT2D eigenvalue weighted by Gasteiger charge is -2.11. The summed E-state index contributed by atoms with van der Waals surface area (Å²) in [6, 6.07) is 9.55. The Kier molecular flexibility index (Phi) is 4.15. The summed E-state index contributed by atoms with van der Waals surface area (Å²) in [7, 11) is 0. The molecular weight excluding hydrogens is 212 g/mol. The lowest BCUT2D eigenvalue weighted by atomic mass is 10.1. The van der Waals surface area contributed by atoms with Crippen LogP contribution in [0.25, 0.3) is 0 Å². The molecule has 0 aromatic heterocycles. The smallest absolute Gasteiger partial charge is 0.238 e. The molecule has 3 heteroatoms. The first-order chi connectivity index (χ1) is 8.25. The highest BCUT2D eigenvalue weighted by molar-refractivity contribution is 5.92. The summed E-state index contributed by atoms with van der Waals surface area (Å²) in [5, 5.41) is 6.07. The van der Waals surface area contributed by atoms with Crippen molar-refractivity contribution in [1.82, 2.24) is 5.32 Å². The predicted octanol–water partition coefficient (Wildman–Crippen LogP) is 2.26. The molecule has 0 heterocycles. The van der Waals surface area contributed by atoms with E-state index in [1.54, 1.807) is 0 Å². The summed E-state index contributed by atoms with van der Waals surface area (Å²) in [5.74, 6) is 1.61. The Morgan fingerprint density at radius 1 is 1.35 bits per heavy atom. The number of para-hydroxylation sites is 1. The van der Waals surface area contributed by atoms with Crippen LogP contribution in [0.3, 0.4) is 0 Å². The van der Waals surface area contributed by atoms with Crippen molar-refractivity contribution in [3.05, 3.63) is 30.3 Å². The summed E-state index contributed by atoms with van der Waals surface area (Å²) < 4.78 is 0. The van der Waals surface area contributed by atoms with Gasteiger partial charge < -0.3 is 10.6 Å². The fourth-order valence-electron chi connectivity index (χ4n) is 1.97. The van der Waals surface area contributed by atoms with Crippen LogP contribution >= 0.6 is 0 Å². The number of hydrogen-bond donors (Lipinski definition) is 2. The van der Waals surface area contributed by atoms with Gasteiger partial charge in [-0.1, -0.05) is 25.1 Å². The van der Waals surface area contributed by atoms with Crippen molar-refractivity contribution in [2.75, 3.05) is 18.4 Å². The minimum atomic E-state index is 0.0270. The highest BCUT2D eigenvalue weighted by atomic mass is 16.1. The quantitative estimate of drug-likeness (QED) is 0.790. The van der Waals surface area contributed by atoms with Gasteiger partial charge in [0.25, 0.3) is 0 Å². The van der Waals surface area contributed by atoms with Crippen LogP contribution in [0, 0.1) is 11.8 Å². The van der Waals surface area contributed by atoms with Crippen LogP contribution < -0.4 is 10.6 Å². The van der Waals surface area contributed by atoms with Gasteiger partial charge in [-0.3, -0.25) is 4.79 Å². The summed E-state index contributed by atoms with van der Waals surface area (Å²) in [4.78, 5) is 11.6. The minimum absolute atomic E-state index is 0.0270. The van der Waals surface area contributed by atoms with E-state index < -0.39 is 0 Å². The third kappa shape index (κ3) is 4.19. The van der Waals surface area contributed by atoms with Crippen molar-refractivity contribution in [2.24, 2.45) is 11.8 Å². The van der Waals surface area contributed by atoms with Crippen LogP contribution in [0.1, 0.15) is 19.8 Å². The molecule has 1 atom stereocenters. The zero-order valence-corrected chi connectivity index (χ0v) is 10.3. The average Bonchev–Trinajstić information content (AvgIpc) is 3.14. The molecule has 1 saturated carbocycles.